The molecule has 0 rings (SSSR count). The highest BCUT2D eigenvalue weighted by atomic mass is 16.5. The Kier molecular flexibility index (Phi) is 6.91. The molecule has 0 aromatic carbocycles. The minimum Gasteiger partial charge on any atom is -0.391 e. The van der Waals surface area contributed by atoms with Gasteiger partial charge in [-0.1, -0.05) is 0 Å². The Morgan fingerprint density at radius 1 is 1.50 bits per heavy atom. The molecule has 1 N–H and O–H groups in total. The lowest BCUT2D eigenvalue weighted by atomic mass is 10.3. The van der Waals surface area contributed by atoms with Gasteiger partial charge in [0.25, 0.3) is 0 Å². The predicted molar refractivity (Wildman–Crippen MR) is 39.0 cm³/mol. The minimum absolute atomic E-state index is 0.375. The number of rotatable bonds is 6. The molecule has 0 amide bonds. The quantitative estimate of drug-likeness (QED) is 0.593. The Labute approximate surface area is 62.0 Å². The molecule has 62 valence electrons. The van der Waals surface area contributed by atoms with Gasteiger partial charge in [0.2, 0.25) is 0 Å². The first kappa shape index (κ1) is 9.88. The molecule has 0 aromatic rings. The molecule has 0 saturated heterocycles. The molecule has 0 aliphatic rings. The zero-order valence-electron chi connectivity index (χ0n) is 6.67. The van der Waals surface area contributed by atoms with Crippen molar-refractivity contribution in [2.75, 3.05) is 26.9 Å². The first-order chi connectivity index (χ1) is 4.81. The van der Waals surface area contributed by atoms with Crippen LogP contribution in [0.4, 0.5) is 0 Å². The van der Waals surface area contributed by atoms with Crippen molar-refractivity contribution < 1.29 is 14.6 Å². The van der Waals surface area contributed by atoms with E-state index in [1.54, 1.807) is 7.11 Å². The highest BCUT2D eigenvalue weighted by Gasteiger charge is 2.01. The molecule has 0 bridgehead atoms. The molecule has 0 spiro atoms. The van der Waals surface area contributed by atoms with Crippen LogP contribution in [0.5, 0.6) is 0 Å². The molecule has 0 fully saturated rings. The van der Waals surface area contributed by atoms with Crippen molar-refractivity contribution >= 4 is 0 Å². The summed E-state index contributed by atoms with van der Waals surface area (Å²) in [5.74, 6) is 0. The van der Waals surface area contributed by atoms with E-state index < -0.39 is 0 Å². The van der Waals surface area contributed by atoms with E-state index in [-0.39, 0.29) is 6.10 Å². The van der Waals surface area contributed by atoms with Crippen molar-refractivity contribution in [1.82, 2.24) is 0 Å². The minimum atomic E-state index is -0.375. The van der Waals surface area contributed by atoms with Crippen molar-refractivity contribution in [3.05, 3.63) is 0 Å². The maximum atomic E-state index is 9.11. The van der Waals surface area contributed by atoms with Crippen LogP contribution in [0.15, 0.2) is 0 Å². The van der Waals surface area contributed by atoms with Gasteiger partial charge < -0.3 is 14.6 Å². The highest BCUT2D eigenvalue weighted by Crippen LogP contribution is 1.92. The summed E-state index contributed by atoms with van der Waals surface area (Å²) in [5.41, 5.74) is 0. The number of methoxy groups -OCH3 is 1. The second-order valence-corrected chi connectivity index (χ2v) is 2.09. The fourth-order valence-electron chi connectivity index (χ4n) is 0.591. The molecule has 1 atom stereocenters. The van der Waals surface area contributed by atoms with E-state index in [9.17, 15) is 0 Å². The van der Waals surface area contributed by atoms with Gasteiger partial charge >= 0.3 is 0 Å². The predicted octanol–water partition coefficient (Wildman–Crippen LogP) is 0.420. The monoisotopic (exact) mass is 148 g/mol. The largest absolute Gasteiger partial charge is 0.391 e. The van der Waals surface area contributed by atoms with Gasteiger partial charge in [-0.2, -0.15) is 0 Å². The van der Waals surface area contributed by atoms with Crippen LogP contribution in [0, 0.1) is 0 Å². The number of hydrogen-bond acceptors (Lipinski definition) is 3. The van der Waals surface area contributed by atoms with Crippen LogP contribution in [0.2, 0.25) is 0 Å². The SMILES string of the molecule is CCOCC(O)CCOC. The van der Waals surface area contributed by atoms with Crippen LogP contribution < -0.4 is 0 Å². The molecule has 0 saturated carbocycles. The Morgan fingerprint density at radius 3 is 2.70 bits per heavy atom. The lowest BCUT2D eigenvalue weighted by Gasteiger charge is -2.08. The lowest BCUT2D eigenvalue weighted by Crippen LogP contribution is -2.17. The molecule has 1 unspecified atom stereocenters. The van der Waals surface area contributed by atoms with Gasteiger partial charge in [-0.25, -0.2) is 0 Å². The van der Waals surface area contributed by atoms with E-state index in [0.717, 1.165) is 0 Å². The van der Waals surface area contributed by atoms with Crippen LogP contribution in [0.3, 0.4) is 0 Å². The van der Waals surface area contributed by atoms with Crippen LogP contribution >= 0.6 is 0 Å². The Balaban J connectivity index is 3.00. The first-order valence-electron chi connectivity index (χ1n) is 3.56. The third-order valence-corrected chi connectivity index (χ3v) is 1.17. The number of ether oxygens (including phenoxy) is 2. The number of aliphatic hydroxyl groups excluding tert-OH is 1. The third kappa shape index (κ3) is 6.01. The molecule has 3 heteroatoms. The van der Waals surface area contributed by atoms with E-state index in [1.807, 2.05) is 6.92 Å². The Morgan fingerprint density at radius 2 is 2.20 bits per heavy atom. The van der Waals surface area contributed by atoms with Crippen LogP contribution in [0.1, 0.15) is 13.3 Å². The maximum absolute atomic E-state index is 9.11. The standard InChI is InChI=1S/C7H16O3/c1-3-10-6-7(8)4-5-9-2/h7-8H,3-6H2,1-2H3. The van der Waals surface area contributed by atoms with E-state index in [2.05, 4.69) is 0 Å². The smallest absolute Gasteiger partial charge is 0.0795 e. The summed E-state index contributed by atoms with van der Waals surface area (Å²) in [6.45, 7) is 3.57. The van der Waals surface area contributed by atoms with Gasteiger partial charge in [0.1, 0.15) is 0 Å². The Hall–Kier alpha value is -0.120. The highest BCUT2D eigenvalue weighted by molar-refractivity contribution is 4.51. The molecular weight excluding hydrogens is 132 g/mol. The third-order valence-electron chi connectivity index (χ3n) is 1.17. The summed E-state index contributed by atoms with van der Waals surface area (Å²) < 4.78 is 9.76. The molecule has 3 nitrogen and oxygen atoms in total. The second-order valence-electron chi connectivity index (χ2n) is 2.09. The summed E-state index contributed by atoms with van der Waals surface area (Å²) in [7, 11) is 1.62. The average molecular weight is 148 g/mol. The van der Waals surface area contributed by atoms with Gasteiger partial charge in [0.05, 0.1) is 12.7 Å². The lowest BCUT2D eigenvalue weighted by molar-refractivity contribution is 0.0241. The van der Waals surface area contributed by atoms with Gasteiger partial charge in [-0.3, -0.25) is 0 Å². The van der Waals surface area contributed by atoms with Gasteiger partial charge in [-0.15, -0.1) is 0 Å². The zero-order valence-corrected chi connectivity index (χ0v) is 6.67. The van der Waals surface area contributed by atoms with Crippen LogP contribution in [-0.2, 0) is 9.47 Å². The molecule has 0 radical (unpaired) electrons. The summed E-state index contributed by atoms with van der Waals surface area (Å²) in [4.78, 5) is 0. The molecule has 0 heterocycles. The van der Waals surface area contributed by atoms with E-state index in [1.165, 1.54) is 0 Å². The van der Waals surface area contributed by atoms with E-state index in [4.69, 9.17) is 14.6 Å². The maximum Gasteiger partial charge on any atom is 0.0795 e. The number of aliphatic hydroxyl groups is 1. The average Bonchev–Trinajstić information content (AvgIpc) is 1.97. The van der Waals surface area contributed by atoms with Crippen molar-refractivity contribution in [2.45, 2.75) is 19.4 Å². The van der Waals surface area contributed by atoms with Crippen molar-refractivity contribution in [2.24, 2.45) is 0 Å². The van der Waals surface area contributed by atoms with Crippen LogP contribution in [0.25, 0.3) is 0 Å². The normalized spacial score (nSPS) is 13.5. The topological polar surface area (TPSA) is 38.7 Å². The summed E-state index contributed by atoms with van der Waals surface area (Å²) in [5, 5.41) is 9.11. The van der Waals surface area contributed by atoms with Gasteiger partial charge in [-0.05, 0) is 13.3 Å². The van der Waals surface area contributed by atoms with Crippen LogP contribution in [-0.4, -0.2) is 38.1 Å². The first-order valence-corrected chi connectivity index (χ1v) is 3.56. The number of hydrogen-bond donors (Lipinski definition) is 1. The summed E-state index contributed by atoms with van der Waals surface area (Å²) in [6, 6.07) is 0. The van der Waals surface area contributed by atoms with E-state index >= 15 is 0 Å². The van der Waals surface area contributed by atoms with Gasteiger partial charge in [0, 0.05) is 20.3 Å². The summed E-state index contributed by atoms with van der Waals surface area (Å²) >= 11 is 0. The molecule has 0 aliphatic heterocycles. The second kappa shape index (κ2) is 6.99. The van der Waals surface area contributed by atoms with Crippen molar-refractivity contribution in [3.63, 3.8) is 0 Å². The molecule has 0 aromatic heterocycles. The molecule has 0 aliphatic carbocycles. The fraction of sp³-hybridized carbons (Fsp3) is 1.00. The van der Waals surface area contributed by atoms with Crippen molar-refractivity contribution in [3.8, 4) is 0 Å². The zero-order chi connectivity index (χ0) is 7.82. The Bertz CT molecular complexity index is 57.9. The summed E-state index contributed by atoms with van der Waals surface area (Å²) in [6.07, 6.45) is 0.274. The van der Waals surface area contributed by atoms with Crippen molar-refractivity contribution in [1.29, 1.82) is 0 Å². The molecule has 10 heavy (non-hydrogen) atoms. The van der Waals surface area contributed by atoms with Gasteiger partial charge in [0.15, 0.2) is 0 Å². The van der Waals surface area contributed by atoms with E-state index in [0.29, 0.717) is 26.2 Å². The molecular formula is C7H16O3. The fourth-order valence-corrected chi connectivity index (χ4v) is 0.591.